The van der Waals surface area contributed by atoms with Gasteiger partial charge in [-0.05, 0) is 26.2 Å². The van der Waals surface area contributed by atoms with Crippen molar-refractivity contribution in [1.29, 1.82) is 0 Å². The van der Waals surface area contributed by atoms with Crippen molar-refractivity contribution >= 4 is 0 Å². The monoisotopic (exact) mass is 228 g/mol. The number of aliphatic hydroxyl groups excluding tert-OH is 1. The molecule has 4 nitrogen and oxygen atoms in total. The van der Waals surface area contributed by atoms with E-state index in [-0.39, 0.29) is 18.8 Å². The topological polar surface area (TPSA) is 58.7 Å². The Kier molecular flexibility index (Phi) is 4.19. The maximum absolute atomic E-state index is 9.20. The van der Waals surface area contributed by atoms with Crippen LogP contribution in [0.3, 0.4) is 0 Å². The third-order valence-electron chi connectivity index (χ3n) is 3.76. The summed E-state index contributed by atoms with van der Waals surface area (Å²) in [6, 6.07) is 0.966. The van der Waals surface area contributed by atoms with Gasteiger partial charge in [0.25, 0.3) is 0 Å². The van der Waals surface area contributed by atoms with Gasteiger partial charge in [-0.15, -0.1) is 0 Å². The van der Waals surface area contributed by atoms with E-state index in [4.69, 9.17) is 10.5 Å². The van der Waals surface area contributed by atoms with Crippen LogP contribution >= 0.6 is 0 Å². The Morgan fingerprint density at radius 2 is 2.19 bits per heavy atom. The highest BCUT2D eigenvalue weighted by Gasteiger charge is 2.31. The molecule has 4 heteroatoms. The second-order valence-corrected chi connectivity index (χ2v) is 5.29. The Morgan fingerprint density at radius 3 is 2.88 bits per heavy atom. The maximum Gasteiger partial charge on any atom is 0.0936 e. The highest BCUT2D eigenvalue weighted by molar-refractivity contribution is 4.86. The van der Waals surface area contributed by atoms with E-state index in [1.54, 1.807) is 0 Å². The third kappa shape index (κ3) is 2.94. The van der Waals surface area contributed by atoms with Crippen molar-refractivity contribution in [3.63, 3.8) is 0 Å². The Bertz CT molecular complexity index is 225. The molecule has 2 rings (SSSR count). The second kappa shape index (κ2) is 5.45. The summed E-state index contributed by atoms with van der Waals surface area (Å²) in [7, 11) is 0. The second-order valence-electron chi connectivity index (χ2n) is 5.29. The molecule has 94 valence electrons. The standard InChI is InChI=1S/C12H24N2O2/c1-9-6-14(7-12(8-15)16-9)11-4-2-3-10(13)5-11/h9-12,15H,2-8,13H2,1H3. The summed E-state index contributed by atoms with van der Waals surface area (Å²) in [5, 5.41) is 9.20. The Morgan fingerprint density at radius 1 is 1.38 bits per heavy atom. The number of rotatable bonds is 2. The molecule has 1 saturated heterocycles. The van der Waals surface area contributed by atoms with Gasteiger partial charge in [0.1, 0.15) is 0 Å². The smallest absolute Gasteiger partial charge is 0.0936 e. The number of hydrogen-bond donors (Lipinski definition) is 2. The van der Waals surface area contributed by atoms with Crippen LogP contribution in [0.15, 0.2) is 0 Å². The molecule has 16 heavy (non-hydrogen) atoms. The molecule has 0 aromatic rings. The quantitative estimate of drug-likeness (QED) is 0.715. The van der Waals surface area contributed by atoms with Crippen molar-refractivity contribution in [1.82, 2.24) is 4.90 Å². The number of nitrogens with zero attached hydrogens (tertiary/aromatic N) is 1. The van der Waals surface area contributed by atoms with Crippen molar-refractivity contribution in [3.8, 4) is 0 Å². The van der Waals surface area contributed by atoms with Gasteiger partial charge in [-0.25, -0.2) is 0 Å². The molecule has 0 amide bonds. The zero-order valence-corrected chi connectivity index (χ0v) is 10.1. The lowest BCUT2D eigenvalue weighted by molar-refractivity contribution is -0.108. The molecule has 3 N–H and O–H groups in total. The van der Waals surface area contributed by atoms with Crippen molar-refractivity contribution in [2.45, 2.75) is 56.9 Å². The number of hydrogen-bond acceptors (Lipinski definition) is 4. The lowest BCUT2D eigenvalue weighted by atomic mass is 9.90. The zero-order chi connectivity index (χ0) is 11.5. The van der Waals surface area contributed by atoms with Crippen molar-refractivity contribution in [2.24, 2.45) is 5.73 Å². The number of ether oxygens (including phenoxy) is 1. The van der Waals surface area contributed by atoms with E-state index in [1.165, 1.54) is 19.3 Å². The van der Waals surface area contributed by atoms with Crippen molar-refractivity contribution < 1.29 is 9.84 Å². The van der Waals surface area contributed by atoms with Gasteiger partial charge in [0.2, 0.25) is 0 Å². The van der Waals surface area contributed by atoms with Crippen LogP contribution in [-0.4, -0.2) is 54.0 Å². The zero-order valence-electron chi connectivity index (χ0n) is 10.1. The lowest BCUT2D eigenvalue weighted by Gasteiger charge is -2.43. The van der Waals surface area contributed by atoms with Crippen LogP contribution in [0.5, 0.6) is 0 Å². The normalized spacial score (nSPS) is 42.2. The van der Waals surface area contributed by atoms with E-state index in [0.29, 0.717) is 12.1 Å². The van der Waals surface area contributed by atoms with Crippen LogP contribution in [0.1, 0.15) is 32.6 Å². The molecular formula is C12H24N2O2. The van der Waals surface area contributed by atoms with Crippen molar-refractivity contribution in [3.05, 3.63) is 0 Å². The molecular weight excluding hydrogens is 204 g/mol. The molecule has 4 atom stereocenters. The molecule has 4 unspecified atom stereocenters. The average molecular weight is 228 g/mol. The van der Waals surface area contributed by atoms with E-state index in [2.05, 4.69) is 11.8 Å². The first-order valence-corrected chi connectivity index (χ1v) is 6.45. The Balaban J connectivity index is 1.91. The first-order valence-electron chi connectivity index (χ1n) is 6.45. The summed E-state index contributed by atoms with van der Waals surface area (Å²) in [6.45, 7) is 4.04. The van der Waals surface area contributed by atoms with Crippen LogP contribution in [0, 0.1) is 0 Å². The fraction of sp³-hybridized carbons (Fsp3) is 1.00. The fourth-order valence-electron chi connectivity index (χ4n) is 3.01. The molecule has 0 aromatic heterocycles. The minimum Gasteiger partial charge on any atom is -0.394 e. The highest BCUT2D eigenvalue weighted by atomic mass is 16.5. The molecule has 2 fully saturated rings. The van der Waals surface area contributed by atoms with E-state index in [9.17, 15) is 5.11 Å². The minimum absolute atomic E-state index is 0.0121. The van der Waals surface area contributed by atoms with E-state index in [1.807, 2.05) is 0 Å². The van der Waals surface area contributed by atoms with Crippen molar-refractivity contribution in [2.75, 3.05) is 19.7 Å². The Labute approximate surface area is 97.7 Å². The number of nitrogens with two attached hydrogens (primary N) is 1. The van der Waals surface area contributed by atoms with E-state index >= 15 is 0 Å². The van der Waals surface area contributed by atoms with Gasteiger partial charge in [0, 0.05) is 25.2 Å². The molecule has 2 aliphatic rings. The van der Waals surface area contributed by atoms with E-state index in [0.717, 1.165) is 19.5 Å². The summed E-state index contributed by atoms with van der Waals surface area (Å²) in [5.41, 5.74) is 6.03. The molecule has 1 saturated carbocycles. The van der Waals surface area contributed by atoms with Crippen LogP contribution in [0.4, 0.5) is 0 Å². The summed E-state index contributed by atoms with van der Waals surface area (Å²) in [6.07, 6.45) is 4.97. The van der Waals surface area contributed by atoms with Crippen LogP contribution in [-0.2, 0) is 4.74 Å². The summed E-state index contributed by atoms with van der Waals surface area (Å²) in [4.78, 5) is 2.47. The lowest BCUT2D eigenvalue weighted by Crippen LogP contribution is -2.53. The number of morpholine rings is 1. The molecule has 0 spiro atoms. The van der Waals surface area contributed by atoms with Gasteiger partial charge in [0.05, 0.1) is 18.8 Å². The van der Waals surface area contributed by atoms with Crippen LogP contribution < -0.4 is 5.73 Å². The molecule has 1 heterocycles. The predicted molar refractivity (Wildman–Crippen MR) is 63.2 cm³/mol. The first kappa shape index (κ1) is 12.3. The predicted octanol–water partition coefficient (Wildman–Crippen LogP) is 0.338. The third-order valence-corrected chi connectivity index (χ3v) is 3.76. The van der Waals surface area contributed by atoms with E-state index < -0.39 is 0 Å². The SMILES string of the molecule is CC1CN(C2CCCC(N)C2)CC(CO)O1. The summed E-state index contributed by atoms with van der Waals surface area (Å²) >= 11 is 0. The molecule has 1 aliphatic carbocycles. The molecule has 1 aliphatic heterocycles. The summed E-state index contributed by atoms with van der Waals surface area (Å²) in [5.74, 6) is 0. The Hall–Kier alpha value is -0.160. The minimum atomic E-state index is -0.0121. The average Bonchev–Trinajstić information content (AvgIpc) is 2.28. The van der Waals surface area contributed by atoms with Gasteiger partial charge < -0.3 is 15.6 Å². The fourth-order valence-corrected chi connectivity index (χ4v) is 3.01. The highest BCUT2D eigenvalue weighted by Crippen LogP contribution is 2.25. The van der Waals surface area contributed by atoms with Gasteiger partial charge in [-0.2, -0.15) is 0 Å². The molecule has 0 aromatic carbocycles. The van der Waals surface area contributed by atoms with Crippen LogP contribution in [0.25, 0.3) is 0 Å². The van der Waals surface area contributed by atoms with Crippen LogP contribution in [0.2, 0.25) is 0 Å². The maximum atomic E-state index is 9.20. The van der Waals surface area contributed by atoms with Gasteiger partial charge in [-0.1, -0.05) is 6.42 Å². The van der Waals surface area contributed by atoms with Gasteiger partial charge in [0.15, 0.2) is 0 Å². The summed E-state index contributed by atoms with van der Waals surface area (Å²) < 4.78 is 5.66. The first-order chi connectivity index (χ1) is 7.69. The largest absolute Gasteiger partial charge is 0.394 e. The number of aliphatic hydroxyl groups is 1. The van der Waals surface area contributed by atoms with Gasteiger partial charge in [-0.3, -0.25) is 4.90 Å². The molecule has 0 bridgehead atoms. The van der Waals surface area contributed by atoms with Gasteiger partial charge >= 0.3 is 0 Å². The molecule has 0 radical (unpaired) electrons.